The number of anilines is 1. The minimum atomic E-state index is -3.53. The normalized spacial score (nSPS) is 11.0. The Kier molecular flexibility index (Phi) is 5.79. The van der Waals surface area contributed by atoms with Crippen molar-refractivity contribution >= 4 is 37.4 Å². The molecule has 0 atom stereocenters. The molecule has 0 aliphatic heterocycles. The van der Waals surface area contributed by atoms with E-state index in [0.29, 0.717) is 17.0 Å². The highest BCUT2D eigenvalue weighted by Gasteiger charge is 2.17. The summed E-state index contributed by atoms with van der Waals surface area (Å²) in [6, 6.07) is 13.6. The van der Waals surface area contributed by atoms with Crippen molar-refractivity contribution < 1.29 is 17.9 Å². The molecule has 0 heterocycles. The molecule has 7 heteroatoms. The fourth-order valence-electron chi connectivity index (χ4n) is 1.96. The molecule has 1 N–H and O–H groups in total. The summed E-state index contributed by atoms with van der Waals surface area (Å²) < 4.78 is 30.1. The van der Waals surface area contributed by atoms with Crippen LogP contribution < -0.4 is 10.1 Å². The van der Waals surface area contributed by atoms with E-state index in [1.807, 2.05) is 0 Å². The van der Waals surface area contributed by atoms with E-state index in [0.717, 1.165) is 4.47 Å². The molecule has 2 rings (SSSR count). The van der Waals surface area contributed by atoms with Gasteiger partial charge < -0.3 is 10.1 Å². The van der Waals surface area contributed by atoms with Crippen LogP contribution in [-0.2, 0) is 20.4 Å². The predicted octanol–water partition coefficient (Wildman–Crippen LogP) is 3.01. The van der Waals surface area contributed by atoms with E-state index in [-0.39, 0.29) is 5.75 Å². The quantitative estimate of drug-likeness (QED) is 0.812. The lowest BCUT2D eigenvalue weighted by molar-refractivity contribution is -0.113. The number of rotatable bonds is 6. The Bertz CT molecular complexity index is 771. The number of carbonyl (C=O) groups is 1. The first kappa shape index (κ1) is 17.5. The third kappa shape index (κ3) is 5.69. The van der Waals surface area contributed by atoms with Gasteiger partial charge in [0.25, 0.3) is 0 Å². The molecule has 0 spiro atoms. The molecular weight excluding hydrogens is 382 g/mol. The monoisotopic (exact) mass is 397 g/mol. The molecule has 0 aliphatic carbocycles. The summed E-state index contributed by atoms with van der Waals surface area (Å²) >= 11 is 3.29. The van der Waals surface area contributed by atoms with E-state index < -0.39 is 21.5 Å². The Balaban J connectivity index is 1.96. The van der Waals surface area contributed by atoms with Crippen LogP contribution >= 0.6 is 15.9 Å². The topological polar surface area (TPSA) is 72.5 Å². The SMILES string of the molecule is COc1ccc(NC(=O)CS(=O)(=O)Cc2ccc(Br)cc2)cc1. The second kappa shape index (κ2) is 7.61. The van der Waals surface area contributed by atoms with Crippen LogP contribution in [0.4, 0.5) is 5.69 Å². The van der Waals surface area contributed by atoms with Crippen LogP contribution in [0.15, 0.2) is 53.0 Å². The van der Waals surface area contributed by atoms with Crippen molar-refractivity contribution in [2.24, 2.45) is 0 Å². The van der Waals surface area contributed by atoms with Crippen LogP contribution in [0.1, 0.15) is 5.56 Å². The van der Waals surface area contributed by atoms with Crippen molar-refractivity contribution in [1.82, 2.24) is 0 Å². The summed E-state index contributed by atoms with van der Waals surface area (Å²) in [4.78, 5) is 11.9. The minimum absolute atomic E-state index is 0.170. The molecule has 0 saturated heterocycles. The number of nitrogens with one attached hydrogen (secondary N) is 1. The highest BCUT2D eigenvalue weighted by atomic mass is 79.9. The third-order valence-electron chi connectivity index (χ3n) is 3.02. The van der Waals surface area contributed by atoms with Gasteiger partial charge in [0.05, 0.1) is 12.9 Å². The minimum Gasteiger partial charge on any atom is -0.497 e. The van der Waals surface area contributed by atoms with Crippen LogP contribution in [0.25, 0.3) is 0 Å². The summed E-state index contributed by atoms with van der Waals surface area (Å²) in [5.74, 6) is -0.635. The molecule has 122 valence electrons. The molecule has 0 radical (unpaired) electrons. The van der Waals surface area contributed by atoms with Gasteiger partial charge in [-0.25, -0.2) is 8.42 Å². The lowest BCUT2D eigenvalue weighted by atomic mass is 10.2. The number of sulfone groups is 1. The van der Waals surface area contributed by atoms with Gasteiger partial charge in [-0.1, -0.05) is 28.1 Å². The molecule has 2 aromatic carbocycles. The van der Waals surface area contributed by atoms with Gasteiger partial charge in [0, 0.05) is 10.2 Å². The molecule has 23 heavy (non-hydrogen) atoms. The molecule has 0 aliphatic rings. The number of hydrogen-bond donors (Lipinski definition) is 1. The van der Waals surface area contributed by atoms with E-state index in [1.165, 1.54) is 0 Å². The number of methoxy groups -OCH3 is 1. The van der Waals surface area contributed by atoms with Crippen LogP contribution in [0.3, 0.4) is 0 Å². The van der Waals surface area contributed by atoms with Gasteiger partial charge in [-0.15, -0.1) is 0 Å². The van der Waals surface area contributed by atoms with E-state index in [4.69, 9.17) is 4.74 Å². The van der Waals surface area contributed by atoms with Gasteiger partial charge in [-0.3, -0.25) is 4.79 Å². The van der Waals surface area contributed by atoms with Gasteiger partial charge in [0.1, 0.15) is 11.5 Å². The van der Waals surface area contributed by atoms with Crippen LogP contribution in [0, 0.1) is 0 Å². The third-order valence-corrected chi connectivity index (χ3v) is 5.03. The molecule has 2 aromatic rings. The van der Waals surface area contributed by atoms with Crippen LogP contribution in [-0.4, -0.2) is 27.2 Å². The number of ether oxygens (including phenoxy) is 1. The summed E-state index contributed by atoms with van der Waals surface area (Å²) in [6.07, 6.45) is 0. The first-order valence-corrected chi connectivity index (χ1v) is 9.38. The lowest BCUT2D eigenvalue weighted by Crippen LogP contribution is -2.23. The van der Waals surface area contributed by atoms with Crippen LogP contribution in [0.2, 0.25) is 0 Å². The number of halogens is 1. The van der Waals surface area contributed by atoms with Crippen molar-refractivity contribution in [2.45, 2.75) is 5.75 Å². The maximum Gasteiger partial charge on any atom is 0.239 e. The molecule has 0 fully saturated rings. The van der Waals surface area contributed by atoms with Crippen molar-refractivity contribution in [3.05, 3.63) is 58.6 Å². The standard InChI is InChI=1S/C16H16BrNO4S/c1-22-15-8-6-14(7-9-15)18-16(19)11-23(20,21)10-12-2-4-13(17)5-3-12/h2-9H,10-11H2,1H3,(H,18,19). The van der Waals surface area contributed by atoms with Crippen molar-refractivity contribution in [1.29, 1.82) is 0 Å². The smallest absolute Gasteiger partial charge is 0.239 e. The van der Waals surface area contributed by atoms with Gasteiger partial charge >= 0.3 is 0 Å². The predicted molar refractivity (Wildman–Crippen MR) is 93.3 cm³/mol. The first-order valence-electron chi connectivity index (χ1n) is 6.77. The number of hydrogen-bond acceptors (Lipinski definition) is 4. The first-order chi connectivity index (χ1) is 10.9. The maximum atomic E-state index is 12.1. The Morgan fingerprint density at radius 3 is 2.26 bits per heavy atom. The van der Waals surface area contributed by atoms with Gasteiger partial charge in [0.2, 0.25) is 5.91 Å². The average Bonchev–Trinajstić information content (AvgIpc) is 2.49. The molecule has 1 amide bonds. The molecule has 5 nitrogen and oxygen atoms in total. The van der Waals surface area contributed by atoms with Crippen molar-refractivity contribution in [3.63, 3.8) is 0 Å². The van der Waals surface area contributed by atoms with E-state index in [2.05, 4.69) is 21.2 Å². The van der Waals surface area contributed by atoms with Crippen LogP contribution in [0.5, 0.6) is 5.75 Å². The highest BCUT2D eigenvalue weighted by molar-refractivity contribution is 9.10. The zero-order chi connectivity index (χ0) is 16.9. The number of carbonyl (C=O) groups excluding carboxylic acids is 1. The molecule has 0 unspecified atom stereocenters. The van der Waals surface area contributed by atoms with Crippen molar-refractivity contribution in [2.75, 3.05) is 18.2 Å². The second-order valence-corrected chi connectivity index (χ2v) is 7.92. The van der Waals surface area contributed by atoms with E-state index >= 15 is 0 Å². The lowest BCUT2D eigenvalue weighted by Gasteiger charge is -2.07. The van der Waals surface area contributed by atoms with Crippen molar-refractivity contribution in [3.8, 4) is 5.75 Å². The largest absolute Gasteiger partial charge is 0.497 e. The number of benzene rings is 2. The van der Waals surface area contributed by atoms with E-state index in [1.54, 1.807) is 55.6 Å². The van der Waals surface area contributed by atoms with Gasteiger partial charge in [-0.2, -0.15) is 0 Å². The Morgan fingerprint density at radius 1 is 1.09 bits per heavy atom. The van der Waals surface area contributed by atoms with Gasteiger partial charge in [0.15, 0.2) is 9.84 Å². The summed E-state index contributed by atoms with van der Waals surface area (Å²) in [5.41, 5.74) is 1.17. The molecule has 0 bridgehead atoms. The zero-order valence-corrected chi connectivity index (χ0v) is 14.9. The zero-order valence-electron chi connectivity index (χ0n) is 12.5. The summed E-state index contributed by atoms with van der Waals surface area (Å²) in [5, 5.41) is 2.56. The second-order valence-electron chi connectivity index (χ2n) is 4.94. The van der Waals surface area contributed by atoms with Gasteiger partial charge in [-0.05, 0) is 42.0 Å². The molecular formula is C16H16BrNO4S. The Hall–Kier alpha value is -1.86. The van der Waals surface area contributed by atoms with E-state index in [9.17, 15) is 13.2 Å². The Labute approximate surface area is 143 Å². The summed E-state index contributed by atoms with van der Waals surface area (Å²) in [6.45, 7) is 0. The fourth-order valence-corrected chi connectivity index (χ4v) is 3.50. The number of amides is 1. The maximum absolute atomic E-state index is 12.1. The Morgan fingerprint density at radius 2 is 1.70 bits per heavy atom. The molecule has 0 aromatic heterocycles. The highest BCUT2D eigenvalue weighted by Crippen LogP contribution is 2.16. The molecule has 0 saturated carbocycles. The fraction of sp³-hybridized carbons (Fsp3) is 0.188. The average molecular weight is 398 g/mol. The summed E-state index contributed by atoms with van der Waals surface area (Å²) in [7, 11) is -1.99.